The number of nitrogens with one attached hydrogen (secondary N) is 1. The van der Waals surface area contributed by atoms with Gasteiger partial charge in [-0.1, -0.05) is 19.1 Å². The molecule has 1 aliphatic rings. The molecule has 0 saturated carbocycles. The average Bonchev–Trinajstić information content (AvgIpc) is 2.79. The Hall–Kier alpha value is -1.07. The third-order valence-electron chi connectivity index (χ3n) is 3.76. The van der Waals surface area contributed by atoms with Crippen molar-refractivity contribution < 1.29 is 13.2 Å². The summed E-state index contributed by atoms with van der Waals surface area (Å²) in [5.41, 5.74) is 1.12. The molecule has 1 fully saturated rings. The van der Waals surface area contributed by atoms with Gasteiger partial charge < -0.3 is 10.1 Å². The van der Waals surface area contributed by atoms with Crippen LogP contribution < -0.4 is 10.1 Å². The van der Waals surface area contributed by atoms with E-state index in [-0.39, 0.29) is 17.7 Å². The Bertz CT molecular complexity index is 525. The highest BCUT2D eigenvalue weighted by Crippen LogP contribution is 2.31. The van der Waals surface area contributed by atoms with Crippen LogP contribution in [-0.4, -0.2) is 33.6 Å². The molecule has 0 radical (unpaired) electrons. The molecule has 0 spiro atoms. The quantitative estimate of drug-likeness (QED) is 0.874. The second-order valence-corrected chi connectivity index (χ2v) is 7.58. The molecule has 1 aromatic rings. The minimum atomic E-state index is -2.84. The Morgan fingerprint density at radius 1 is 1.35 bits per heavy atom. The minimum Gasteiger partial charge on any atom is -0.494 e. The van der Waals surface area contributed by atoms with Gasteiger partial charge >= 0.3 is 0 Å². The van der Waals surface area contributed by atoms with Crippen LogP contribution >= 0.6 is 0 Å². The first-order valence-corrected chi connectivity index (χ1v) is 8.98. The van der Waals surface area contributed by atoms with Crippen LogP contribution in [-0.2, 0) is 9.84 Å². The fourth-order valence-corrected chi connectivity index (χ4v) is 4.59. The van der Waals surface area contributed by atoms with Crippen molar-refractivity contribution in [2.45, 2.75) is 25.8 Å². The lowest BCUT2D eigenvalue weighted by Gasteiger charge is -2.22. The molecule has 0 amide bonds. The summed E-state index contributed by atoms with van der Waals surface area (Å²) in [5, 5.41) is 3.26. The van der Waals surface area contributed by atoms with Crippen LogP contribution in [0, 0.1) is 5.92 Å². The first-order chi connectivity index (χ1) is 9.55. The monoisotopic (exact) mass is 297 g/mol. The second kappa shape index (κ2) is 6.59. The molecule has 112 valence electrons. The summed E-state index contributed by atoms with van der Waals surface area (Å²) < 4.78 is 28.8. The van der Waals surface area contributed by atoms with Gasteiger partial charge in [0, 0.05) is 6.04 Å². The standard InChI is InChI=1S/C15H23NO3S/c1-3-9-19-14-6-4-12(5-7-14)15(16-2)13-8-10-20(17,18)11-13/h4-7,13,15-16H,3,8-11H2,1-2H3. The summed E-state index contributed by atoms with van der Waals surface area (Å²) in [6.45, 7) is 2.79. The highest BCUT2D eigenvalue weighted by molar-refractivity contribution is 7.91. The van der Waals surface area contributed by atoms with Gasteiger partial charge in [-0.15, -0.1) is 0 Å². The molecular formula is C15H23NO3S. The van der Waals surface area contributed by atoms with Crippen molar-refractivity contribution in [3.8, 4) is 5.75 Å². The van der Waals surface area contributed by atoms with Crippen LogP contribution in [0.2, 0.25) is 0 Å². The van der Waals surface area contributed by atoms with E-state index < -0.39 is 9.84 Å². The van der Waals surface area contributed by atoms with E-state index in [9.17, 15) is 8.42 Å². The maximum absolute atomic E-state index is 11.6. The largest absolute Gasteiger partial charge is 0.494 e. The molecule has 1 heterocycles. The van der Waals surface area contributed by atoms with E-state index in [1.54, 1.807) is 0 Å². The van der Waals surface area contributed by atoms with Gasteiger partial charge in [0.2, 0.25) is 0 Å². The van der Waals surface area contributed by atoms with E-state index in [1.165, 1.54) is 0 Å². The number of hydrogen-bond acceptors (Lipinski definition) is 4. The maximum atomic E-state index is 11.6. The number of benzene rings is 1. The lowest BCUT2D eigenvalue weighted by atomic mass is 9.92. The molecule has 0 bridgehead atoms. The summed E-state index contributed by atoms with van der Waals surface area (Å²) >= 11 is 0. The number of rotatable bonds is 6. The van der Waals surface area contributed by atoms with Gasteiger partial charge in [0.15, 0.2) is 9.84 Å². The summed E-state index contributed by atoms with van der Waals surface area (Å²) in [6, 6.07) is 8.05. The van der Waals surface area contributed by atoms with Crippen LogP contribution in [0.5, 0.6) is 5.75 Å². The van der Waals surface area contributed by atoms with Crippen molar-refractivity contribution >= 4 is 9.84 Å². The van der Waals surface area contributed by atoms with E-state index in [1.807, 2.05) is 31.3 Å². The molecule has 2 rings (SSSR count). The Morgan fingerprint density at radius 2 is 2.05 bits per heavy atom. The Kier molecular flexibility index (Phi) is 5.05. The summed E-state index contributed by atoms with van der Waals surface area (Å²) in [5.74, 6) is 1.62. The molecule has 1 aromatic carbocycles. The molecular weight excluding hydrogens is 274 g/mol. The van der Waals surface area contributed by atoms with Gasteiger partial charge in [0.1, 0.15) is 5.75 Å². The Labute approximate surface area is 121 Å². The van der Waals surface area contributed by atoms with Gasteiger partial charge in [-0.05, 0) is 43.5 Å². The Morgan fingerprint density at radius 3 is 2.55 bits per heavy atom. The number of ether oxygens (including phenoxy) is 1. The van der Waals surface area contributed by atoms with Gasteiger partial charge in [-0.25, -0.2) is 8.42 Å². The fraction of sp³-hybridized carbons (Fsp3) is 0.600. The maximum Gasteiger partial charge on any atom is 0.150 e. The molecule has 2 unspecified atom stereocenters. The zero-order valence-corrected chi connectivity index (χ0v) is 12.9. The third-order valence-corrected chi connectivity index (χ3v) is 5.56. The van der Waals surface area contributed by atoms with Crippen LogP contribution in [0.4, 0.5) is 0 Å². The van der Waals surface area contributed by atoms with Gasteiger partial charge in [0.25, 0.3) is 0 Å². The molecule has 0 aliphatic carbocycles. The van der Waals surface area contributed by atoms with Crippen LogP contribution in [0.3, 0.4) is 0 Å². The van der Waals surface area contributed by atoms with Gasteiger partial charge in [-0.2, -0.15) is 0 Å². The van der Waals surface area contributed by atoms with Crippen LogP contribution in [0.25, 0.3) is 0 Å². The molecule has 1 aliphatic heterocycles. The van der Waals surface area contributed by atoms with Crippen molar-refractivity contribution in [3.05, 3.63) is 29.8 Å². The molecule has 5 heteroatoms. The smallest absolute Gasteiger partial charge is 0.150 e. The van der Waals surface area contributed by atoms with E-state index in [2.05, 4.69) is 12.2 Å². The molecule has 0 aromatic heterocycles. The number of sulfone groups is 1. The van der Waals surface area contributed by atoms with E-state index in [0.717, 1.165) is 30.8 Å². The molecule has 4 nitrogen and oxygen atoms in total. The predicted octanol–water partition coefficient (Wildman–Crippen LogP) is 2.17. The minimum absolute atomic E-state index is 0.0903. The summed E-state index contributed by atoms with van der Waals surface area (Å²) in [7, 11) is -0.957. The van der Waals surface area contributed by atoms with Crippen molar-refractivity contribution in [2.24, 2.45) is 5.92 Å². The van der Waals surface area contributed by atoms with Crippen molar-refractivity contribution in [1.29, 1.82) is 0 Å². The summed E-state index contributed by atoms with van der Waals surface area (Å²) in [6.07, 6.45) is 1.72. The van der Waals surface area contributed by atoms with E-state index >= 15 is 0 Å². The van der Waals surface area contributed by atoms with E-state index in [0.29, 0.717) is 5.75 Å². The highest BCUT2D eigenvalue weighted by atomic mass is 32.2. The Balaban J connectivity index is 2.08. The zero-order valence-electron chi connectivity index (χ0n) is 12.1. The molecule has 20 heavy (non-hydrogen) atoms. The van der Waals surface area contributed by atoms with Crippen molar-refractivity contribution in [1.82, 2.24) is 5.32 Å². The van der Waals surface area contributed by atoms with Gasteiger partial charge in [-0.3, -0.25) is 0 Å². The predicted molar refractivity (Wildman–Crippen MR) is 80.8 cm³/mol. The first-order valence-electron chi connectivity index (χ1n) is 7.16. The lowest BCUT2D eigenvalue weighted by Crippen LogP contribution is -2.26. The zero-order chi connectivity index (χ0) is 14.6. The highest BCUT2D eigenvalue weighted by Gasteiger charge is 2.33. The van der Waals surface area contributed by atoms with Crippen molar-refractivity contribution in [2.75, 3.05) is 25.2 Å². The molecule has 1 saturated heterocycles. The third kappa shape index (κ3) is 3.73. The van der Waals surface area contributed by atoms with Crippen LogP contribution in [0.1, 0.15) is 31.4 Å². The molecule has 1 N–H and O–H groups in total. The van der Waals surface area contributed by atoms with Crippen LogP contribution in [0.15, 0.2) is 24.3 Å². The normalized spacial score (nSPS) is 22.6. The van der Waals surface area contributed by atoms with Gasteiger partial charge in [0.05, 0.1) is 18.1 Å². The second-order valence-electron chi connectivity index (χ2n) is 5.35. The average molecular weight is 297 g/mol. The van der Waals surface area contributed by atoms with Crippen molar-refractivity contribution in [3.63, 3.8) is 0 Å². The summed E-state index contributed by atoms with van der Waals surface area (Å²) in [4.78, 5) is 0. The topological polar surface area (TPSA) is 55.4 Å². The molecule has 2 atom stereocenters. The first kappa shape index (κ1) is 15.3. The fourth-order valence-electron chi connectivity index (χ4n) is 2.75. The SMILES string of the molecule is CCCOc1ccc(C(NC)C2CCS(=O)(=O)C2)cc1. The number of hydrogen-bond donors (Lipinski definition) is 1. The van der Waals surface area contributed by atoms with E-state index in [4.69, 9.17) is 4.74 Å². The lowest BCUT2D eigenvalue weighted by molar-refractivity contribution is 0.317.